The fraction of sp³-hybridized carbons (Fsp3) is 0. The molecule has 0 heterocycles. The molecule has 0 unspecified atom stereocenters. The minimum Gasteiger partial charge on any atom is -0.259 e. The van der Waals surface area contributed by atoms with Crippen LogP contribution in [0.2, 0.25) is 0 Å². The highest BCUT2D eigenvalue weighted by Gasteiger charge is 1.86. The molecule has 0 fully saturated rings. The smallest absolute Gasteiger partial charge is 0.123 e. The quantitative estimate of drug-likeness (QED) is 0.570. The van der Waals surface area contributed by atoms with Crippen LogP contribution in [0.1, 0.15) is 5.56 Å². The summed E-state index contributed by atoms with van der Waals surface area (Å²) in [7, 11) is 0. The van der Waals surface area contributed by atoms with Crippen molar-refractivity contribution in [3.8, 4) is 0 Å². The highest BCUT2D eigenvalue weighted by atomic mass is 19.1. The van der Waals surface area contributed by atoms with Crippen LogP contribution in [0.3, 0.4) is 0 Å². The van der Waals surface area contributed by atoms with Crippen LogP contribution >= 0.6 is 0 Å². The third-order valence-corrected chi connectivity index (χ3v) is 1.11. The molecule has 0 amide bonds. The first-order chi connectivity index (χ1) is 4.83. The third-order valence-electron chi connectivity index (χ3n) is 1.11. The van der Waals surface area contributed by atoms with E-state index in [1.165, 1.54) is 18.2 Å². The molecular formula is C8H6FN. The first-order valence-electron chi connectivity index (χ1n) is 2.84. The molecule has 50 valence electrons. The van der Waals surface area contributed by atoms with Gasteiger partial charge in [-0.15, -0.1) is 0 Å². The molecule has 0 aliphatic carbocycles. The van der Waals surface area contributed by atoms with Gasteiger partial charge in [-0.1, -0.05) is 12.1 Å². The summed E-state index contributed by atoms with van der Waals surface area (Å²) in [6, 6.07) is 5.89. The topological polar surface area (TPSA) is 23.9 Å². The van der Waals surface area contributed by atoms with Crippen molar-refractivity contribution in [1.82, 2.24) is 0 Å². The highest BCUT2D eigenvalue weighted by Crippen LogP contribution is 2.02. The molecule has 1 rings (SSSR count). The van der Waals surface area contributed by atoms with Crippen LogP contribution in [-0.2, 0) is 0 Å². The minimum atomic E-state index is -0.262. The lowest BCUT2D eigenvalue weighted by atomic mass is 10.2. The standard InChI is InChI=1S/C8H6FN/c9-8-3-1-7(2-4-8)5-6-10/h1-5,10H. The Balaban J connectivity index is 3.00. The number of hydrogen-bond donors (Lipinski definition) is 1. The third kappa shape index (κ3) is 1.54. The largest absolute Gasteiger partial charge is 0.259 e. The van der Waals surface area contributed by atoms with E-state index in [1.54, 1.807) is 12.1 Å². The number of hydrogen-bond acceptors (Lipinski definition) is 1. The molecule has 1 aromatic carbocycles. The Bertz CT molecular complexity index is 257. The maximum Gasteiger partial charge on any atom is 0.123 e. The molecule has 0 atom stereocenters. The van der Waals surface area contributed by atoms with E-state index < -0.39 is 0 Å². The predicted molar refractivity (Wildman–Crippen MR) is 38.6 cm³/mol. The van der Waals surface area contributed by atoms with Gasteiger partial charge in [0.25, 0.3) is 0 Å². The molecule has 2 heteroatoms. The Kier molecular flexibility index (Phi) is 1.98. The molecule has 0 aromatic heterocycles. The summed E-state index contributed by atoms with van der Waals surface area (Å²) >= 11 is 0. The van der Waals surface area contributed by atoms with E-state index in [0.717, 1.165) is 5.56 Å². The summed E-state index contributed by atoms with van der Waals surface area (Å²) < 4.78 is 12.2. The lowest BCUT2D eigenvalue weighted by Gasteiger charge is -1.88. The van der Waals surface area contributed by atoms with Crippen LogP contribution < -0.4 is 0 Å². The zero-order chi connectivity index (χ0) is 7.40. The fourth-order valence-corrected chi connectivity index (χ4v) is 0.642. The maximum atomic E-state index is 12.2. The van der Waals surface area contributed by atoms with Crippen molar-refractivity contribution < 1.29 is 4.39 Å². The Morgan fingerprint density at radius 3 is 2.40 bits per heavy atom. The zero-order valence-corrected chi connectivity index (χ0v) is 5.26. The van der Waals surface area contributed by atoms with Gasteiger partial charge in [-0.2, -0.15) is 0 Å². The van der Waals surface area contributed by atoms with Crippen molar-refractivity contribution in [2.24, 2.45) is 0 Å². The van der Waals surface area contributed by atoms with Crippen molar-refractivity contribution >= 4 is 11.9 Å². The molecule has 0 aliphatic heterocycles. The molecule has 0 saturated carbocycles. The van der Waals surface area contributed by atoms with Gasteiger partial charge in [0.1, 0.15) is 5.82 Å². The first kappa shape index (κ1) is 6.72. The van der Waals surface area contributed by atoms with Crippen molar-refractivity contribution in [2.45, 2.75) is 0 Å². The average Bonchev–Trinajstić information content (AvgIpc) is 1.95. The number of benzene rings is 1. The first-order valence-corrected chi connectivity index (χ1v) is 2.84. The lowest BCUT2D eigenvalue weighted by Crippen LogP contribution is -1.73. The Morgan fingerprint density at radius 1 is 1.30 bits per heavy atom. The summed E-state index contributed by atoms with van der Waals surface area (Å²) in [6.45, 7) is 0. The summed E-state index contributed by atoms with van der Waals surface area (Å²) in [5.74, 6) is 1.84. The Hall–Kier alpha value is -1.40. The van der Waals surface area contributed by atoms with E-state index in [-0.39, 0.29) is 5.82 Å². The highest BCUT2D eigenvalue weighted by molar-refractivity contribution is 5.75. The van der Waals surface area contributed by atoms with Crippen LogP contribution in [0.25, 0.3) is 6.08 Å². The molecular weight excluding hydrogens is 129 g/mol. The fourth-order valence-electron chi connectivity index (χ4n) is 0.642. The molecule has 10 heavy (non-hydrogen) atoms. The maximum absolute atomic E-state index is 12.2. The van der Waals surface area contributed by atoms with Crippen molar-refractivity contribution in [2.75, 3.05) is 0 Å². The molecule has 0 bridgehead atoms. The van der Waals surface area contributed by atoms with E-state index in [9.17, 15) is 4.39 Å². The van der Waals surface area contributed by atoms with E-state index in [1.807, 2.05) is 0 Å². The molecule has 1 aromatic rings. The van der Waals surface area contributed by atoms with Crippen molar-refractivity contribution in [1.29, 1.82) is 5.41 Å². The molecule has 0 aliphatic rings. The molecule has 0 saturated heterocycles. The SMILES string of the molecule is N=C=Cc1ccc(F)cc1. The molecule has 1 N–H and O–H groups in total. The Morgan fingerprint density at radius 2 is 1.90 bits per heavy atom. The summed E-state index contributed by atoms with van der Waals surface area (Å²) in [4.78, 5) is 0. The molecule has 0 spiro atoms. The monoisotopic (exact) mass is 135 g/mol. The minimum absolute atomic E-state index is 0.262. The van der Waals surface area contributed by atoms with Crippen molar-refractivity contribution in [3.63, 3.8) is 0 Å². The molecule has 1 nitrogen and oxygen atoms in total. The van der Waals surface area contributed by atoms with E-state index in [0.29, 0.717) is 0 Å². The van der Waals surface area contributed by atoms with Crippen LogP contribution in [0, 0.1) is 11.2 Å². The van der Waals surface area contributed by atoms with Crippen molar-refractivity contribution in [3.05, 3.63) is 35.6 Å². The van der Waals surface area contributed by atoms with Gasteiger partial charge in [0, 0.05) is 6.08 Å². The normalized spacial score (nSPS) is 8.50. The van der Waals surface area contributed by atoms with Gasteiger partial charge in [0.2, 0.25) is 0 Å². The number of nitrogens with one attached hydrogen (secondary N) is 1. The van der Waals surface area contributed by atoms with Crippen LogP contribution in [0.5, 0.6) is 0 Å². The van der Waals surface area contributed by atoms with E-state index >= 15 is 0 Å². The van der Waals surface area contributed by atoms with Crippen LogP contribution in [-0.4, -0.2) is 5.87 Å². The summed E-state index contributed by atoms with van der Waals surface area (Å²) in [5.41, 5.74) is 0.788. The Labute approximate surface area is 58.3 Å². The number of halogens is 1. The van der Waals surface area contributed by atoms with Gasteiger partial charge in [-0.3, -0.25) is 5.41 Å². The average molecular weight is 135 g/mol. The number of rotatable bonds is 1. The van der Waals surface area contributed by atoms with Gasteiger partial charge >= 0.3 is 0 Å². The van der Waals surface area contributed by atoms with Crippen LogP contribution in [0.15, 0.2) is 24.3 Å². The predicted octanol–water partition coefficient (Wildman–Crippen LogP) is 2.09. The van der Waals surface area contributed by atoms with Gasteiger partial charge < -0.3 is 0 Å². The van der Waals surface area contributed by atoms with E-state index in [2.05, 4.69) is 5.87 Å². The van der Waals surface area contributed by atoms with Gasteiger partial charge in [-0.05, 0) is 23.6 Å². The summed E-state index contributed by atoms with van der Waals surface area (Å²) in [5, 5.41) is 6.59. The van der Waals surface area contributed by atoms with Gasteiger partial charge in [0.15, 0.2) is 0 Å². The summed E-state index contributed by atoms with van der Waals surface area (Å²) in [6.07, 6.45) is 1.47. The lowest BCUT2D eigenvalue weighted by molar-refractivity contribution is 0.628. The van der Waals surface area contributed by atoms with Gasteiger partial charge in [-0.25, -0.2) is 4.39 Å². The second-order valence-corrected chi connectivity index (χ2v) is 1.84. The molecule has 0 radical (unpaired) electrons. The van der Waals surface area contributed by atoms with Crippen LogP contribution in [0.4, 0.5) is 4.39 Å². The van der Waals surface area contributed by atoms with Gasteiger partial charge in [0.05, 0.1) is 0 Å². The van der Waals surface area contributed by atoms with E-state index in [4.69, 9.17) is 5.41 Å². The second-order valence-electron chi connectivity index (χ2n) is 1.84. The zero-order valence-electron chi connectivity index (χ0n) is 5.26. The second kappa shape index (κ2) is 2.95.